The quantitative estimate of drug-likeness (QED) is 0.583. The van der Waals surface area contributed by atoms with E-state index in [0.717, 1.165) is 17.0 Å². The van der Waals surface area contributed by atoms with Gasteiger partial charge in [0.1, 0.15) is 5.65 Å². The summed E-state index contributed by atoms with van der Waals surface area (Å²) in [6, 6.07) is 15.4. The van der Waals surface area contributed by atoms with Crippen LogP contribution in [-0.4, -0.2) is 19.9 Å². The van der Waals surface area contributed by atoms with Crippen LogP contribution in [0.1, 0.15) is 40.5 Å². The third-order valence-electron chi connectivity index (χ3n) is 5.15. The Bertz CT molecular complexity index is 1120. The minimum Gasteiger partial charge on any atom is -0.324 e. The second-order valence-electron chi connectivity index (χ2n) is 7.09. The summed E-state index contributed by atoms with van der Waals surface area (Å²) in [6.07, 6.45) is 8.37. The average molecular weight is 356 g/mol. The highest BCUT2D eigenvalue weighted by Crippen LogP contribution is 2.41. The predicted molar refractivity (Wildman–Crippen MR) is 106 cm³/mol. The maximum atomic E-state index is 12.6. The van der Waals surface area contributed by atoms with Crippen LogP contribution in [0.4, 0.5) is 5.69 Å². The van der Waals surface area contributed by atoms with Gasteiger partial charge in [-0.3, -0.25) is 4.79 Å². The monoisotopic (exact) mass is 356 g/mol. The molecule has 1 aliphatic rings. The summed E-state index contributed by atoms with van der Waals surface area (Å²) in [7, 11) is 0. The van der Waals surface area contributed by atoms with E-state index in [2.05, 4.69) is 16.6 Å². The van der Waals surface area contributed by atoms with Gasteiger partial charge in [0, 0.05) is 41.5 Å². The molecule has 0 atom stereocenters. The van der Waals surface area contributed by atoms with E-state index in [-0.39, 0.29) is 5.91 Å². The Kier molecular flexibility index (Phi) is 3.60. The van der Waals surface area contributed by atoms with Crippen molar-refractivity contribution in [3.05, 3.63) is 84.1 Å². The summed E-state index contributed by atoms with van der Waals surface area (Å²) in [5, 5.41) is 2.99. The number of carbonyl (C=O) groups is 1. The fourth-order valence-corrected chi connectivity index (χ4v) is 3.49. The van der Waals surface area contributed by atoms with Gasteiger partial charge in [-0.05, 0) is 68.3 Å². The number of nitrogens with zero attached hydrogens (tertiary/aromatic N) is 3. The van der Waals surface area contributed by atoms with Gasteiger partial charge in [-0.25, -0.2) is 4.98 Å². The molecule has 3 heterocycles. The van der Waals surface area contributed by atoms with Gasteiger partial charge >= 0.3 is 0 Å². The Morgan fingerprint density at radius 2 is 1.81 bits per heavy atom. The van der Waals surface area contributed by atoms with Gasteiger partial charge < -0.3 is 14.3 Å². The van der Waals surface area contributed by atoms with E-state index in [4.69, 9.17) is 4.98 Å². The Morgan fingerprint density at radius 3 is 2.52 bits per heavy atom. The van der Waals surface area contributed by atoms with Crippen LogP contribution in [0.25, 0.3) is 11.3 Å². The van der Waals surface area contributed by atoms with Crippen LogP contribution >= 0.6 is 0 Å². The average Bonchev–Trinajstić information content (AvgIpc) is 3.28. The molecular weight excluding hydrogens is 336 g/mol. The molecular formula is C22H20N4O. The first-order valence-electron chi connectivity index (χ1n) is 9.22. The maximum Gasteiger partial charge on any atom is 0.255 e. The van der Waals surface area contributed by atoms with Crippen molar-refractivity contribution in [1.29, 1.82) is 0 Å². The van der Waals surface area contributed by atoms with Crippen LogP contribution in [-0.2, 0) is 0 Å². The van der Waals surface area contributed by atoms with Crippen molar-refractivity contribution in [2.45, 2.75) is 25.7 Å². The zero-order valence-corrected chi connectivity index (χ0v) is 15.1. The van der Waals surface area contributed by atoms with E-state index in [1.54, 1.807) is 0 Å². The molecule has 1 fully saturated rings. The number of amides is 1. The van der Waals surface area contributed by atoms with Crippen LogP contribution in [0, 0.1) is 6.92 Å². The molecule has 134 valence electrons. The lowest BCUT2D eigenvalue weighted by atomic mass is 10.2. The van der Waals surface area contributed by atoms with Crippen LogP contribution in [0.5, 0.6) is 0 Å². The number of rotatable bonds is 4. The number of imidazole rings is 1. The van der Waals surface area contributed by atoms with Crippen LogP contribution in [0.3, 0.4) is 0 Å². The van der Waals surface area contributed by atoms with Gasteiger partial charge in [-0.15, -0.1) is 0 Å². The van der Waals surface area contributed by atoms with Crippen molar-refractivity contribution >= 4 is 17.2 Å². The number of nitrogens with one attached hydrogen (secondary N) is 1. The van der Waals surface area contributed by atoms with Crippen molar-refractivity contribution in [1.82, 2.24) is 14.0 Å². The summed E-state index contributed by atoms with van der Waals surface area (Å²) < 4.78 is 4.08. The topological polar surface area (TPSA) is 51.3 Å². The van der Waals surface area contributed by atoms with Crippen LogP contribution in [0.2, 0.25) is 0 Å². The molecule has 0 spiro atoms. The fraction of sp³-hybridized carbons (Fsp3) is 0.182. The fourth-order valence-electron chi connectivity index (χ4n) is 3.49. The second kappa shape index (κ2) is 6.13. The molecule has 0 radical (unpaired) electrons. The van der Waals surface area contributed by atoms with Crippen molar-refractivity contribution in [3.63, 3.8) is 0 Å². The molecule has 5 rings (SSSR count). The number of aromatic nitrogens is 3. The minimum absolute atomic E-state index is 0.117. The molecule has 1 amide bonds. The van der Waals surface area contributed by atoms with E-state index in [1.165, 1.54) is 24.2 Å². The van der Waals surface area contributed by atoms with Crippen molar-refractivity contribution in [2.24, 2.45) is 0 Å². The molecule has 0 saturated heterocycles. The molecule has 4 aromatic rings. The van der Waals surface area contributed by atoms with Gasteiger partial charge in [0.25, 0.3) is 5.91 Å². The number of anilines is 1. The standard InChI is InChI=1S/C22H20N4O/c1-15-21(16-4-5-16)24-20-11-8-18(14-26(15)20)23-22(27)17-6-9-19(10-7-17)25-12-2-3-13-25/h2-3,6-14,16H,4-5H2,1H3,(H,23,27). The summed E-state index contributed by atoms with van der Waals surface area (Å²) >= 11 is 0. The van der Waals surface area contributed by atoms with Crippen molar-refractivity contribution in [2.75, 3.05) is 5.32 Å². The summed E-state index contributed by atoms with van der Waals surface area (Å²) in [6.45, 7) is 2.10. The molecule has 5 nitrogen and oxygen atoms in total. The molecule has 27 heavy (non-hydrogen) atoms. The third kappa shape index (κ3) is 2.91. The lowest BCUT2D eigenvalue weighted by Crippen LogP contribution is -2.12. The van der Waals surface area contributed by atoms with Gasteiger partial charge in [0.05, 0.1) is 11.4 Å². The molecule has 1 saturated carbocycles. The summed E-state index contributed by atoms with van der Waals surface area (Å²) in [5.41, 5.74) is 5.72. The van der Waals surface area contributed by atoms with E-state index in [1.807, 2.05) is 71.7 Å². The Morgan fingerprint density at radius 1 is 1.07 bits per heavy atom. The second-order valence-corrected chi connectivity index (χ2v) is 7.09. The number of pyridine rings is 1. The van der Waals surface area contributed by atoms with Gasteiger partial charge in [-0.2, -0.15) is 0 Å². The Balaban J connectivity index is 1.38. The third-order valence-corrected chi connectivity index (χ3v) is 5.15. The van der Waals surface area contributed by atoms with Gasteiger partial charge in [0.2, 0.25) is 0 Å². The maximum absolute atomic E-state index is 12.6. The van der Waals surface area contributed by atoms with E-state index in [0.29, 0.717) is 11.5 Å². The predicted octanol–water partition coefficient (Wildman–Crippen LogP) is 4.56. The zero-order chi connectivity index (χ0) is 18.4. The molecule has 1 aliphatic carbocycles. The van der Waals surface area contributed by atoms with Gasteiger partial charge in [0.15, 0.2) is 0 Å². The minimum atomic E-state index is -0.117. The molecule has 0 aliphatic heterocycles. The highest BCUT2D eigenvalue weighted by Gasteiger charge is 2.28. The molecule has 0 unspecified atom stereocenters. The zero-order valence-electron chi connectivity index (χ0n) is 15.1. The largest absolute Gasteiger partial charge is 0.324 e. The number of benzene rings is 1. The van der Waals surface area contributed by atoms with Crippen molar-refractivity contribution in [3.8, 4) is 5.69 Å². The molecule has 1 N–H and O–H groups in total. The van der Waals surface area contributed by atoms with E-state index in [9.17, 15) is 4.79 Å². The lowest BCUT2D eigenvalue weighted by molar-refractivity contribution is 0.102. The lowest BCUT2D eigenvalue weighted by Gasteiger charge is -2.08. The Labute approximate surface area is 157 Å². The number of hydrogen-bond acceptors (Lipinski definition) is 2. The van der Waals surface area contributed by atoms with E-state index < -0.39 is 0 Å². The SMILES string of the molecule is Cc1c(C2CC2)nc2ccc(NC(=O)c3ccc(-n4cccc4)cc3)cn12. The first kappa shape index (κ1) is 15.9. The molecule has 3 aromatic heterocycles. The Hall–Kier alpha value is -3.34. The van der Waals surface area contributed by atoms with Gasteiger partial charge in [-0.1, -0.05) is 0 Å². The number of carbonyl (C=O) groups excluding carboxylic acids is 1. The summed E-state index contributed by atoms with van der Waals surface area (Å²) in [4.78, 5) is 17.3. The number of aryl methyl sites for hydroxylation is 1. The summed E-state index contributed by atoms with van der Waals surface area (Å²) in [5.74, 6) is 0.496. The van der Waals surface area contributed by atoms with E-state index >= 15 is 0 Å². The molecule has 0 bridgehead atoms. The first-order valence-corrected chi connectivity index (χ1v) is 9.22. The van der Waals surface area contributed by atoms with Crippen LogP contribution in [0.15, 0.2) is 67.1 Å². The molecule has 1 aromatic carbocycles. The van der Waals surface area contributed by atoms with Crippen LogP contribution < -0.4 is 5.32 Å². The smallest absolute Gasteiger partial charge is 0.255 e. The molecule has 5 heteroatoms. The number of fused-ring (bicyclic) bond motifs is 1. The van der Waals surface area contributed by atoms with Crippen molar-refractivity contribution < 1.29 is 4.79 Å². The first-order chi connectivity index (χ1) is 13.2. The highest BCUT2D eigenvalue weighted by molar-refractivity contribution is 6.04. The number of hydrogen-bond donors (Lipinski definition) is 1. The highest BCUT2D eigenvalue weighted by atomic mass is 16.1. The normalized spacial score (nSPS) is 13.8.